The van der Waals surface area contributed by atoms with Gasteiger partial charge in [-0.3, -0.25) is 0 Å². The quantitative estimate of drug-likeness (QED) is 0.388. The summed E-state index contributed by atoms with van der Waals surface area (Å²) in [4.78, 5) is 20.5. The molecule has 0 radical (unpaired) electrons. The van der Waals surface area contributed by atoms with Crippen molar-refractivity contribution >= 4 is 23.5 Å². The van der Waals surface area contributed by atoms with E-state index in [0.717, 1.165) is 25.7 Å². The molecule has 1 aromatic carbocycles. The SMILES string of the molecule is CC(C)(C)OC(=O)NC1CCC(CNc2nc(NCc3ccccc3OC(F)(F)F)ncc2N)CC1. The van der Waals surface area contributed by atoms with Crippen molar-refractivity contribution in [1.29, 1.82) is 0 Å². The van der Waals surface area contributed by atoms with Gasteiger partial charge in [0.05, 0.1) is 11.9 Å². The summed E-state index contributed by atoms with van der Waals surface area (Å²) in [7, 11) is 0. The van der Waals surface area contributed by atoms with Crippen LogP contribution in [0.2, 0.25) is 0 Å². The predicted molar refractivity (Wildman–Crippen MR) is 131 cm³/mol. The third-order valence-corrected chi connectivity index (χ3v) is 5.58. The monoisotopic (exact) mass is 510 g/mol. The number of anilines is 3. The lowest BCUT2D eigenvalue weighted by Gasteiger charge is -2.30. The summed E-state index contributed by atoms with van der Waals surface area (Å²) in [5.41, 5.74) is 6.15. The van der Waals surface area contributed by atoms with E-state index in [1.54, 1.807) is 6.07 Å². The highest BCUT2D eigenvalue weighted by Crippen LogP contribution is 2.28. The van der Waals surface area contributed by atoms with Crippen molar-refractivity contribution in [3.05, 3.63) is 36.0 Å². The van der Waals surface area contributed by atoms with Gasteiger partial charge in [-0.05, 0) is 58.4 Å². The van der Waals surface area contributed by atoms with Crippen LogP contribution in [-0.4, -0.2) is 40.6 Å². The Labute approximate surface area is 208 Å². The molecule has 5 N–H and O–H groups in total. The average molecular weight is 511 g/mol. The normalized spacial score (nSPS) is 18.3. The van der Waals surface area contributed by atoms with Crippen LogP contribution in [0.25, 0.3) is 0 Å². The number of carbonyl (C=O) groups is 1. The number of hydrogen-bond acceptors (Lipinski definition) is 8. The van der Waals surface area contributed by atoms with Gasteiger partial charge in [0.15, 0.2) is 5.82 Å². The molecule has 0 unspecified atom stereocenters. The molecule has 0 saturated heterocycles. The predicted octanol–water partition coefficient (Wildman–Crippen LogP) is 5.06. The van der Waals surface area contributed by atoms with Crippen LogP contribution in [0.3, 0.4) is 0 Å². The van der Waals surface area contributed by atoms with Crippen LogP contribution in [0, 0.1) is 5.92 Å². The number of ether oxygens (including phenoxy) is 2. The first-order chi connectivity index (χ1) is 16.9. The van der Waals surface area contributed by atoms with Crippen LogP contribution in [-0.2, 0) is 11.3 Å². The number of nitrogen functional groups attached to an aromatic ring is 1. The number of rotatable bonds is 8. The zero-order valence-corrected chi connectivity index (χ0v) is 20.6. The van der Waals surface area contributed by atoms with Gasteiger partial charge in [-0.2, -0.15) is 4.98 Å². The van der Waals surface area contributed by atoms with Gasteiger partial charge in [0, 0.05) is 24.7 Å². The maximum absolute atomic E-state index is 12.6. The zero-order valence-electron chi connectivity index (χ0n) is 20.6. The van der Waals surface area contributed by atoms with Crippen molar-refractivity contribution in [1.82, 2.24) is 15.3 Å². The molecule has 2 aromatic rings. The number of nitrogens with zero attached hydrogens (tertiary/aromatic N) is 2. The number of halogens is 3. The average Bonchev–Trinajstić information content (AvgIpc) is 2.77. The molecule has 1 saturated carbocycles. The molecular formula is C24H33F3N6O3. The van der Waals surface area contributed by atoms with Gasteiger partial charge in [0.1, 0.15) is 11.4 Å². The first-order valence-corrected chi connectivity index (χ1v) is 11.8. The van der Waals surface area contributed by atoms with E-state index in [4.69, 9.17) is 10.5 Å². The van der Waals surface area contributed by atoms with Crippen LogP contribution in [0.5, 0.6) is 5.75 Å². The molecule has 3 rings (SSSR count). The minimum atomic E-state index is -4.78. The molecule has 198 valence electrons. The Morgan fingerprint density at radius 2 is 1.81 bits per heavy atom. The minimum Gasteiger partial charge on any atom is -0.444 e. The van der Waals surface area contributed by atoms with Gasteiger partial charge in [0.25, 0.3) is 0 Å². The molecule has 1 aliphatic carbocycles. The number of nitrogens with two attached hydrogens (primary N) is 1. The highest BCUT2D eigenvalue weighted by molar-refractivity contribution is 5.68. The maximum Gasteiger partial charge on any atom is 0.573 e. The standard InChI is InChI=1S/C24H33F3N6O3/c1-23(2,3)36-22(34)32-17-10-8-15(9-11-17)12-29-20-18(28)14-31-21(33-20)30-13-16-6-4-5-7-19(16)35-24(25,26)27/h4-7,14-15,17H,8-13,28H2,1-3H3,(H,32,34)(H2,29,30,31,33). The van der Waals surface area contributed by atoms with Crippen LogP contribution < -0.4 is 26.4 Å². The summed E-state index contributed by atoms with van der Waals surface area (Å²) in [6.45, 7) is 6.16. The molecule has 12 heteroatoms. The lowest BCUT2D eigenvalue weighted by Crippen LogP contribution is -2.41. The number of alkyl carbamates (subject to hydrolysis) is 1. The van der Waals surface area contributed by atoms with E-state index in [-0.39, 0.29) is 24.3 Å². The van der Waals surface area contributed by atoms with Crippen molar-refractivity contribution in [2.45, 2.75) is 71.0 Å². The fourth-order valence-corrected chi connectivity index (χ4v) is 3.89. The Balaban J connectivity index is 1.49. The van der Waals surface area contributed by atoms with Crippen molar-refractivity contribution in [3.8, 4) is 5.75 Å². The molecule has 0 bridgehead atoms. The lowest BCUT2D eigenvalue weighted by atomic mass is 9.86. The second-order valence-corrected chi connectivity index (χ2v) is 9.75. The van der Waals surface area contributed by atoms with Gasteiger partial charge in [0.2, 0.25) is 5.95 Å². The highest BCUT2D eigenvalue weighted by Gasteiger charge is 2.32. The van der Waals surface area contributed by atoms with Gasteiger partial charge in [-0.25, -0.2) is 9.78 Å². The number of para-hydroxylation sites is 1. The molecule has 0 spiro atoms. The van der Waals surface area contributed by atoms with E-state index in [9.17, 15) is 18.0 Å². The third kappa shape index (κ3) is 8.97. The summed E-state index contributed by atoms with van der Waals surface area (Å²) in [6, 6.07) is 5.94. The summed E-state index contributed by atoms with van der Waals surface area (Å²) in [6.07, 6.45) is -0.217. The van der Waals surface area contributed by atoms with Crippen LogP contribution in [0.15, 0.2) is 30.5 Å². The first kappa shape index (κ1) is 27.2. The Bertz CT molecular complexity index is 1020. The summed E-state index contributed by atoms with van der Waals surface area (Å²) in [5.74, 6) is 0.752. The number of alkyl halides is 3. The number of aromatic nitrogens is 2. The van der Waals surface area contributed by atoms with Crippen LogP contribution in [0.1, 0.15) is 52.0 Å². The van der Waals surface area contributed by atoms with Gasteiger partial charge in [-0.15, -0.1) is 13.2 Å². The third-order valence-electron chi connectivity index (χ3n) is 5.58. The van der Waals surface area contributed by atoms with Gasteiger partial charge >= 0.3 is 12.5 Å². The van der Waals surface area contributed by atoms with E-state index in [1.165, 1.54) is 24.4 Å². The summed E-state index contributed by atoms with van der Waals surface area (Å²) in [5, 5.41) is 9.09. The van der Waals surface area contributed by atoms with E-state index in [1.807, 2.05) is 20.8 Å². The maximum atomic E-state index is 12.6. The number of hydrogen-bond donors (Lipinski definition) is 4. The topological polar surface area (TPSA) is 123 Å². The van der Waals surface area contributed by atoms with Crippen molar-refractivity contribution in [3.63, 3.8) is 0 Å². The smallest absolute Gasteiger partial charge is 0.444 e. The fourth-order valence-electron chi connectivity index (χ4n) is 3.89. The van der Waals surface area contributed by atoms with Crippen molar-refractivity contribution in [2.75, 3.05) is 22.9 Å². The number of amides is 1. The van der Waals surface area contributed by atoms with Crippen molar-refractivity contribution in [2.24, 2.45) is 5.92 Å². The number of nitrogens with one attached hydrogen (secondary N) is 3. The second-order valence-electron chi connectivity index (χ2n) is 9.75. The Morgan fingerprint density at radius 3 is 2.47 bits per heavy atom. The highest BCUT2D eigenvalue weighted by atomic mass is 19.4. The van der Waals surface area contributed by atoms with E-state index >= 15 is 0 Å². The first-order valence-electron chi connectivity index (χ1n) is 11.8. The Morgan fingerprint density at radius 1 is 1.11 bits per heavy atom. The lowest BCUT2D eigenvalue weighted by molar-refractivity contribution is -0.274. The summed E-state index contributed by atoms with van der Waals surface area (Å²) >= 11 is 0. The van der Waals surface area contributed by atoms with Crippen LogP contribution in [0.4, 0.5) is 35.4 Å². The van der Waals surface area contributed by atoms with Crippen LogP contribution >= 0.6 is 0 Å². The molecule has 0 aliphatic heterocycles. The summed E-state index contributed by atoms with van der Waals surface area (Å²) < 4.78 is 47.3. The fraction of sp³-hybridized carbons (Fsp3) is 0.542. The Kier molecular flexibility index (Phi) is 8.70. The van der Waals surface area contributed by atoms with E-state index < -0.39 is 18.1 Å². The number of carbonyl (C=O) groups excluding carboxylic acids is 1. The van der Waals surface area contributed by atoms with Gasteiger partial charge < -0.3 is 31.2 Å². The molecule has 1 fully saturated rings. The van der Waals surface area contributed by atoms with E-state index in [0.29, 0.717) is 29.5 Å². The van der Waals surface area contributed by atoms with Gasteiger partial charge in [-0.1, -0.05) is 18.2 Å². The molecule has 9 nitrogen and oxygen atoms in total. The molecule has 1 aliphatic rings. The molecule has 1 aromatic heterocycles. The largest absolute Gasteiger partial charge is 0.573 e. The van der Waals surface area contributed by atoms with Crippen molar-refractivity contribution < 1.29 is 27.4 Å². The molecule has 1 heterocycles. The number of benzene rings is 1. The minimum absolute atomic E-state index is 0.0320. The Hall–Kier alpha value is -3.44. The van der Waals surface area contributed by atoms with E-state index in [2.05, 4.69) is 30.7 Å². The molecule has 1 amide bonds. The molecule has 0 atom stereocenters. The molecule has 36 heavy (non-hydrogen) atoms. The zero-order chi connectivity index (χ0) is 26.3. The molecular weight excluding hydrogens is 477 g/mol. The second kappa shape index (κ2) is 11.5.